The maximum atomic E-state index is 9.94. The van der Waals surface area contributed by atoms with E-state index in [1.54, 1.807) is 0 Å². The highest BCUT2D eigenvalue weighted by Gasteiger charge is 2.48. The van der Waals surface area contributed by atoms with Crippen LogP contribution in [-0.2, 0) is 11.8 Å². The zero-order valence-electron chi connectivity index (χ0n) is 9.58. The fourth-order valence-electron chi connectivity index (χ4n) is 3.70. The van der Waals surface area contributed by atoms with E-state index < -0.39 is 0 Å². The number of hydrogen-bond acceptors (Lipinski definition) is 2. The van der Waals surface area contributed by atoms with Crippen molar-refractivity contribution >= 4 is 0 Å². The first-order valence-corrected chi connectivity index (χ1v) is 6.29. The van der Waals surface area contributed by atoms with Crippen LogP contribution in [-0.4, -0.2) is 11.7 Å². The standard InChI is InChI=1S/C14H19NO/c15-9-10-5-6-11-12(3-1-4-13(11)16)14(10)7-2-8-14/h1,3-4,10,16H,2,5-9,15H2. The van der Waals surface area contributed by atoms with Gasteiger partial charge in [0.25, 0.3) is 0 Å². The highest BCUT2D eigenvalue weighted by molar-refractivity contribution is 5.47. The van der Waals surface area contributed by atoms with Gasteiger partial charge in [-0.25, -0.2) is 0 Å². The second-order valence-corrected chi connectivity index (χ2v) is 5.28. The van der Waals surface area contributed by atoms with Gasteiger partial charge < -0.3 is 10.8 Å². The molecule has 1 saturated carbocycles. The molecule has 2 aliphatic rings. The third-order valence-electron chi connectivity index (χ3n) is 4.74. The van der Waals surface area contributed by atoms with Crippen LogP contribution in [0.3, 0.4) is 0 Å². The average Bonchev–Trinajstić information content (AvgIpc) is 2.25. The first-order valence-electron chi connectivity index (χ1n) is 6.29. The first kappa shape index (κ1) is 10.2. The van der Waals surface area contributed by atoms with Gasteiger partial charge in [-0.3, -0.25) is 0 Å². The van der Waals surface area contributed by atoms with Gasteiger partial charge in [0.1, 0.15) is 5.75 Å². The van der Waals surface area contributed by atoms with Crippen molar-refractivity contribution in [3.05, 3.63) is 29.3 Å². The molecule has 0 heterocycles. The van der Waals surface area contributed by atoms with Gasteiger partial charge in [0, 0.05) is 0 Å². The lowest BCUT2D eigenvalue weighted by Crippen LogP contribution is -2.48. The van der Waals surface area contributed by atoms with Gasteiger partial charge in [-0.2, -0.15) is 0 Å². The van der Waals surface area contributed by atoms with Crippen LogP contribution in [0.15, 0.2) is 18.2 Å². The summed E-state index contributed by atoms with van der Waals surface area (Å²) in [7, 11) is 0. The van der Waals surface area contributed by atoms with Crippen LogP contribution in [0.1, 0.15) is 36.8 Å². The molecule has 3 rings (SSSR count). The Morgan fingerprint density at radius 1 is 1.38 bits per heavy atom. The molecule has 0 radical (unpaired) electrons. The summed E-state index contributed by atoms with van der Waals surface area (Å²) in [6.07, 6.45) is 5.95. The summed E-state index contributed by atoms with van der Waals surface area (Å²) in [5.74, 6) is 1.11. The van der Waals surface area contributed by atoms with E-state index in [1.165, 1.54) is 30.4 Å². The molecule has 1 unspecified atom stereocenters. The normalized spacial score (nSPS) is 26.2. The monoisotopic (exact) mass is 217 g/mol. The van der Waals surface area contributed by atoms with E-state index in [-0.39, 0.29) is 0 Å². The van der Waals surface area contributed by atoms with Crippen LogP contribution >= 0.6 is 0 Å². The van der Waals surface area contributed by atoms with Gasteiger partial charge in [0.2, 0.25) is 0 Å². The van der Waals surface area contributed by atoms with E-state index in [4.69, 9.17) is 5.73 Å². The third-order valence-corrected chi connectivity index (χ3v) is 4.74. The lowest BCUT2D eigenvalue weighted by molar-refractivity contribution is 0.128. The summed E-state index contributed by atoms with van der Waals surface area (Å²) in [6.45, 7) is 0.787. The second kappa shape index (κ2) is 3.49. The molecule has 0 aromatic heterocycles. The molecule has 1 aromatic rings. The lowest BCUT2D eigenvalue weighted by Gasteiger charge is -2.51. The van der Waals surface area contributed by atoms with E-state index >= 15 is 0 Å². The number of phenolic OH excluding ortho intramolecular Hbond substituents is 1. The van der Waals surface area contributed by atoms with Gasteiger partial charge in [-0.1, -0.05) is 18.6 Å². The molecule has 2 heteroatoms. The van der Waals surface area contributed by atoms with Gasteiger partial charge in [0.15, 0.2) is 0 Å². The summed E-state index contributed by atoms with van der Waals surface area (Å²) in [4.78, 5) is 0. The molecule has 1 aromatic carbocycles. The van der Waals surface area contributed by atoms with Crippen molar-refractivity contribution < 1.29 is 5.11 Å². The van der Waals surface area contributed by atoms with Crippen LogP contribution in [0.5, 0.6) is 5.75 Å². The van der Waals surface area contributed by atoms with E-state index in [2.05, 4.69) is 6.07 Å². The van der Waals surface area contributed by atoms with Crippen LogP contribution in [0.4, 0.5) is 0 Å². The minimum Gasteiger partial charge on any atom is -0.508 e. The summed E-state index contributed by atoms with van der Waals surface area (Å²) in [6, 6.07) is 6.00. The fourth-order valence-corrected chi connectivity index (χ4v) is 3.70. The Balaban J connectivity index is 2.12. The Morgan fingerprint density at radius 2 is 2.19 bits per heavy atom. The fraction of sp³-hybridized carbons (Fsp3) is 0.571. The molecular weight excluding hydrogens is 198 g/mol. The van der Waals surface area contributed by atoms with E-state index in [1.807, 2.05) is 12.1 Å². The van der Waals surface area contributed by atoms with Gasteiger partial charge in [-0.15, -0.1) is 0 Å². The van der Waals surface area contributed by atoms with Crippen LogP contribution in [0.25, 0.3) is 0 Å². The SMILES string of the molecule is NCC1CCc2c(O)cccc2C12CCC2. The lowest BCUT2D eigenvalue weighted by atomic mass is 9.53. The van der Waals surface area contributed by atoms with Crippen molar-refractivity contribution in [2.24, 2.45) is 11.7 Å². The minimum atomic E-state index is 0.307. The topological polar surface area (TPSA) is 46.2 Å². The smallest absolute Gasteiger partial charge is 0.119 e. The predicted molar refractivity (Wildman–Crippen MR) is 64.5 cm³/mol. The zero-order valence-corrected chi connectivity index (χ0v) is 9.58. The number of hydrogen-bond donors (Lipinski definition) is 2. The molecule has 2 aliphatic carbocycles. The Labute approximate surface area is 96.5 Å². The Hall–Kier alpha value is -1.02. The Bertz CT molecular complexity index is 409. The average molecular weight is 217 g/mol. The van der Waals surface area contributed by atoms with Crippen LogP contribution in [0, 0.1) is 5.92 Å². The molecule has 0 bridgehead atoms. The van der Waals surface area contributed by atoms with Crippen molar-refractivity contribution in [3.63, 3.8) is 0 Å². The van der Waals surface area contributed by atoms with E-state index in [0.29, 0.717) is 17.1 Å². The molecule has 1 fully saturated rings. The molecule has 86 valence electrons. The van der Waals surface area contributed by atoms with Crippen molar-refractivity contribution in [3.8, 4) is 5.75 Å². The number of nitrogens with two attached hydrogens (primary N) is 1. The van der Waals surface area contributed by atoms with Crippen molar-refractivity contribution in [2.45, 2.75) is 37.5 Å². The Kier molecular flexibility index (Phi) is 2.21. The number of fused-ring (bicyclic) bond motifs is 2. The summed E-state index contributed by atoms with van der Waals surface area (Å²) < 4.78 is 0. The van der Waals surface area contributed by atoms with E-state index in [9.17, 15) is 5.11 Å². The third kappa shape index (κ3) is 1.17. The first-order chi connectivity index (χ1) is 7.78. The predicted octanol–water partition coefficient (Wildman–Crippen LogP) is 2.34. The molecule has 1 atom stereocenters. The Morgan fingerprint density at radius 3 is 2.81 bits per heavy atom. The quantitative estimate of drug-likeness (QED) is 0.758. The summed E-state index contributed by atoms with van der Waals surface area (Å²) in [5.41, 5.74) is 8.80. The maximum Gasteiger partial charge on any atom is 0.119 e. The second-order valence-electron chi connectivity index (χ2n) is 5.28. The molecular formula is C14H19NO. The van der Waals surface area contributed by atoms with Crippen molar-refractivity contribution in [2.75, 3.05) is 6.54 Å². The van der Waals surface area contributed by atoms with E-state index in [0.717, 1.165) is 19.4 Å². The summed E-state index contributed by atoms with van der Waals surface area (Å²) >= 11 is 0. The molecule has 16 heavy (non-hydrogen) atoms. The number of phenols is 1. The molecule has 2 nitrogen and oxygen atoms in total. The molecule has 1 spiro atoms. The minimum absolute atomic E-state index is 0.307. The van der Waals surface area contributed by atoms with Crippen molar-refractivity contribution in [1.82, 2.24) is 0 Å². The highest BCUT2D eigenvalue weighted by Crippen LogP contribution is 2.55. The molecule has 3 N–H and O–H groups in total. The van der Waals surface area contributed by atoms with Gasteiger partial charge in [0.05, 0.1) is 0 Å². The summed E-state index contributed by atoms with van der Waals surface area (Å²) in [5, 5.41) is 9.94. The van der Waals surface area contributed by atoms with Crippen LogP contribution in [0.2, 0.25) is 0 Å². The maximum absolute atomic E-state index is 9.94. The highest BCUT2D eigenvalue weighted by atomic mass is 16.3. The number of rotatable bonds is 1. The number of benzene rings is 1. The molecule has 0 amide bonds. The van der Waals surface area contributed by atoms with Gasteiger partial charge in [-0.05, 0) is 60.8 Å². The zero-order chi connectivity index (χ0) is 11.2. The van der Waals surface area contributed by atoms with Crippen LogP contribution < -0.4 is 5.73 Å². The van der Waals surface area contributed by atoms with Crippen molar-refractivity contribution in [1.29, 1.82) is 0 Å². The largest absolute Gasteiger partial charge is 0.508 e. The number of aromatic hydroxyl groups is 1. The molecule has 0 saturated heterocycles. The van der Waals surface area contributed by atoms with Gasteiger partial charge >= 0.3 is 0 Å². The molecule has 0 aliphatic heterocycles.